The lowest BCUT2D eigenvalue weighted by molar-refractivity contribution is 0.401. The molecular weight excluding hydrogens is 394 g/mol. The molecule has 0 radical (unpaired) electrons. The zero-order valence-corrected chi connectivity index (χ0v) is 18.5. The molecule has 3 N–H and O–H groups in total. The summed E-state index contributed by atoms with van der Waals surface area (Å²) in [6.07, 6.45) is 9.55. The number of fused-ring (bicyclic) bond motifs is 3. The molecule has 0 bridgehead atoms. The van der Waals surface area contributed by atoms with Crippen LogP contribution in [-0.2, 0) is 31.3 Å². The number of anilines is 2. The van der Waals surface area contributed by atoms with Gasteiger partial charge in [0.2, 0.25) is 0 Å². The van der Waals surface area contributed by atoms with E-state index in [0.29, 0.717) is 11.7 Å². The van der Waals surface area contributed by atoms with Crippen molar-refractivity contribution in [1.82, 2.24) is 14.5 Å². The van der Waals surface area contributed by atoms with Gasteiger partial charge in [0.05, 0.1) is 10.9 Å². The molecule has 0 amide bonds. The molecule has 0 fully saturated rings. The largest absolute Gasteiger partial charge is 0.383 e. The Kier molecular flexibility index (Phi) is 4.46. The maximum absolute atomic E-state index is 6.40. The number of nitrogens with one attached hydrogen (secondary N) is 1. The molecule has 2 unspecified atom stereocenters. The van der Waals surface area contributed by atoms with Crippen molar-refractivity contribution in [3.63, 3.8) is 0 Å². The Morgan fingerprint density at radius 2 is 1.84 bits per heavy atom. The minimum absolute atomic E-state index is 0.226. The van der Waals surface area contributed by atoms with Gasteiger partial charge in [0.25, 0.3) is 0 Å². The van der Waals surface area contributed by atoms with Gasteiger partial charge in [0.15, 0.2) is 0 Å². The summed E-state index contributed by atoms with van der Waals surface area (Å²) in [7, 11) is 0. The van der Waals surface area contributed by atoms with E-state index >= 15 is 0 Å². The quantitative estimate of drug-likeness (QED) is 0.480. The van der Waals surface area contributed by atoms with Gasteiger partial charge in [-0.15, -0.1) is 0 Å². The lowest BCUT2D eigenvalue weighted by atomic mass is 9.82. The molecule has 4 aromatic rings. The van der Waals surface area contributed by atoms with E-state index in [0.717, 1.165) is 30.4 Å². The normalized spacial score (nSPS) is 21.8. The average molecular weight is 424 g/mol. The summed E-state index contributed by atoms with van der Waals surface area (Å²) in [4.78, 5) is 8.99. The zero-order chi connectivity index (χ0) is 21.7. The highest BCUT2D eigenvalue weighted by Gasteiger charge is 2.37. The van der Waals surface area contributed by atoms with Crippen molar-refractivity contribution in [3.05, 3.63) is 83.3 Å². The van der Waals surface area contributed by atoms with Gasteiger partial charge >= 0.3 is 0 Å². The van der Waals surface area contributed by atoms with Crippen LogP contribution in [0.25, 0.3) is 11.0 Å². The topological polar surface area (TPSA) is 68.8 Å². The highest BCUT2D eigenvalue weighted by atomic mass is 15.1. The summed E-state index contributed by atoms with van der Waals surface area (Å²) in [6.45, 7) is 3.21. The molecule has 162 valence electrons. The summed E-state index contributed by atoms with van der Waals surface area (Å²) in [5, 5.41) is 4.74. The van der Waals surface area contributed by atoms with E-state index in [4.69, 9.17) is 5.73 Å². The van der Waals surface area contributed by atoms with E-state index in [2.05, 4.69) is 81.5 Å². The molecule has 2 aromatic carbocycles. The highest BCUT2D eigenvalue weighted by molar-refractivity contribution is 5.91. The number of para-hydroxylation sites is 1. The number of aromatic nitrogens is 3. The van der Waals surface area contributed by atoms with Crippen molar-refractivity contribution in [2.45, 2.75) is 51.1 Å². The number of rotatable bonds is 4. The van der Waals surface area contributed by atoms with Crippen LogP contribution in [0, 0.1) is 5.92 Å². The summed E-state index contributed by atoms with van der Waals surface area (Å²) in [5.74, 6) is 1.27. The molecule has 0 saturated carbocycles. The molecule has 0 spiro atoms. The molecule has 1 aliphatic carbocycles. The van der Waals surface area contributed by atoms with Gasteiger partial charge in [-0.2, -0.15) is 0 Å². The summed E-state index contributed by atoms with van der Waals surface area (Å²) >= 11 is 0. The van der Waals surface area contributed by atoms with Gasteiger partial charge in [0, 0.05) is 30.4 Å². The molecule has 2 aromatic heterocycles. The lowest BCUT2D eigenvalue weighted by Gasteiger charge is -2.25. The third kappa shape index (κ3) is 3.15. The highest BCUT2D eigenvalue weighted by Crippen LogP contribution is 2.43. The van der Waals surface area contributed by atoms with Crippen LogP contribution >= 0.6 is 0 Å². The molecule has 2 atom stereocenters. The summed E-state index contributed by atoms with van der Waals surface area (Å²) < 4.78 is 2.30. The van der Waals surface area contributed by atoms with Crippen LogP contribution in [0.4, 0.5) is 11.5 Å². The van der Waals surface area contributed by atoms with Crippen molar-refractivity contribution < 1.29 is 0 Å². The maximum Gasteiger partial charge on any atom is 0.145 e. The molecule has 2 aliphatic rings. The molecule has 5 nitrogen and oxygen atoms in total. The predicted molar refractivity (Wildman–Crippen MR) is 130 cm³/mol. The molecular formula is C27H29N5. The number of hydrogen-bond donors (Lipinski definition) is 2. The van der Waals surface area contributed by atoms with Crippen molar-refractivity contribution >= 4 is 22.5 Å². The smallest absolute Gasteiger partial charge is 0.145 e. The van der Waals surface area contributed by atoms with Crippen LogP contribution in [0.15, 0.2) is 61.1 Å². The Balaban J connectivity index is 1.30. The van der Waals surface area contributed by atoms with Crippen LogP contribution in [0.3, 0.4) is 0 Å². The number of nitrogen functional groups attached to an aromatic ring is 1. The second-order valence-electron chi connectivity index (χ2n) is 9.65. The number of nitrogens with zero attached hydrogens (tertiary/aromatic N) is 3. The zero-order valence-electron chi connectivity index (χ0n) is 18.5. The molecule has 5 heteroatoms. The fourth-order valence-corrected chi connectivity index (χ4v) is 5.76. The third-order valence-corrected chi connectivity index (χ3v) is 7.48. The Morgan fingerprint density at radius 3 is 2.69 bits per heavy atom. The number of aryl methyl sites for hydroxylation is 2. The second kappa shape index (κ2) is 7.37. The standard InChI is InChI=1S/C27H29N5/c1-27(15-21-8-4-5-9-23(21)31-27)22-16-32(26-24(22)25(28)29-17-30-26)13-12-18-10-11-19-6-2-3-7-20(19)14-18/h2-9,16-18,31H,10-15H2,1H3,(H2,28,29,30). The van der Waals surface area contributed by atoms with E-state index in [1.165, 1.54) is 47.2 Å². The summed E-state index contributed by atoms with van der Waals surface area (Å²) in [6, 6.07) is 17.4. The Hall–Kier alpha value is -3.34. The van der Waals surface area contributed by atoms with Crippen LogP contribution in [0.1, 0.15) is 42.0 Å². The first kappa shape index (κ1) is 19.4. The SMILES string of the molecule is CC1(c2cn(CCC3CCc4ccccc4C3)c3ncnc(N)c23)Cc2ccccc2N1. The first-order valence-corrected chi connectivity index (χ1v) is 11.6. The molecule has 1 aliphatic heterocycles. The minimum Gasteiger partial charge on any atom is -0.383 e. The molecule has 32 heavy (non-hydrogen) atoms. The van der Waals surface area contributed by atoms with Crippen molar-refractivity contribution in [1.29, 1.82) is 0 Å². The molecule has 0 saturated heterocycles. The Morgan fingerprint density at radius 1 is 1.06 bits per heavy atom. The monoisotopic (exact) mass is 423 g/mol. The first-order chi connectivity index (χ1) is 15.6. The third-order valence-electron chi connectivity index (χ3n) is 7.48. The van der Waals surface area contributed by atoms with E-state index < -0.39 is 0 Å². The van der Waals surface area contributed by atoms with E-state index in [1.54, 1.807) is 6.33 Å². The van der Waals surface area contributed by atoms with Crippen LogP contribution in [-0.4, -0.2) is 14.5 Å². The van der Waals surface area contributed by atoms with Crippen LogP contribution < -0.4 is 11.1 Å². The van der Waals surface area contributed by atoms with Gasteiger partial charge in [-0.3, -0.25) is 0 Å². The summed E-state index contributed by atoms with van der Waals surface area (Å²) in [5.41, 5.74) is 13.9. The number of benzene rings is 2. The fourth-order valence-electron chi connectivity index (χ4n) is 5.76. The van der Waals surface area contributed by atoms with E-state index in [9.17, 15) is 0 Å². The van der Waals surface area contributed by atoms with Gasteiger partial charge in [-0.05, 0) is 61.3 Å². The van der Waals surface area contributed by atoms with Gasteiger partial charge in [-0.1, -0.05) is 42.5 Å². The van der Waals surface area contributed by atoms with Crippen molar-refractivity contribution in [3.8, 4) is 0 Å². The molecule has 6 rings (SSSR count). The number of nitrogens with two attached hydrogens (primary N) is 1. The van der Waals surface area contributed by atoms with Crippen molar-refractivity contribution in [2.24, 2.45) is 5.92 Å². The molecule has 3 heterocycles. The number of hydrogen-bond acceptors (Lipinski definition) is 4. The van der Waals surface area contributed by atoms with Gasteiger partial charge in [-0.25, -0.2) is 9.97 Å². The van der Waals surface area contributed by atoms with E-state index in [1.807, 2.05) is 0 Å². The fraction of sp³-hybridized carbons (Fsp3) is 0.333. The van der Waals surface area contributed by atoms with E-state index in [-0.39, 0.29) is 5.54 Å². The van der Waals surface area contributed by atoms with Crippen LogP contribution in [0.2, 0.25) is 0 Å². The first-order valence-electron chi connectivity index (χ1n) is 11.6. The van der Waals surface area contributed by atoms with Crippen molar-refractivity contribution in [2.75, 3.05) is 11.1 Å². The van der Waals surface area contributed by atoms with Gasteiger partial charge in [0.1, 0.15) is 17.8 Å². The Labute approximate surface area is 188 Å². The lowest BCUT2D eigenvalue weighted by Crippen LogP contribution is -2.29. The average Bonchev–Trinajstić information content (AvgIpc) is 3.36. The van der Waals surface area contributed by atoms with Crippen LogP contribution in [0.5, 0.6) is 0 Å². The second-order valence-corrected chi connectivity index (χ2v) is 9.65. The van der Waals surface area contributed by atoms with Gasteiger partial charge < -0.3 is 15.6 Å². The Bertz CT molecular complexity index is 1280. The maximum atomic E-state index is 6.40. The minimum atomic E-state index is -0.226. The predicted octanol–water partition coefficient (Wildman–Crippen LogP) is 5.09.